The van der Waals surface area contributed by atoms with Crippen molar-refractivity contribution >= 4 is 11.9 Å². The number of carbonyl (C=O) groups is 2. The normalized spacial score (nSPS) is 11.9. The molecule has 1 atom stereocenters. The van der Waals surface area contributed by atoms with Gasteiger partial charge in [0.2, 0.25) is 5.91 Å². The second-order valence-corrected chi connectivity index (χ2v) is 4.10. The molecule has 0 saturated carbocycles. The molecule has 0 spiro atoms. The third kappa shape index (κ3) is 4.26. The molecule has 1 aromatic rings. The van der Waals surface area contributed by atoms with Gasteiger partial charge in [0.05, 0.1) is 5.92 Å². The SMILES string of the molecule is CC(=O)NC[C@@H](Cc1ccccc1C)C(=O)O. The lowest BCUT2D eigenvalue weighted by atomic mass is 9.96. The van der Waals surface area contributed by atoms with E-state index in [9.17, 15) is 9.59 Å². The van der Waals surface area contributed by atoms with Gasteiger partial charge in [0.1, 0.15) is 0 Å². The second kappa shape index (κ2) is 6.03. The van der Waals surface area contributed by atoms with Gasteiger partial charge in [0.15, 0.2) is 0 Å². The van der Waals surface area contributed by atoms with Gasteiger partial charge in [-0.25, -0.2) is 0 Å². The predicted molar refractivity (Wildman–Crippen MR) is 64.7 cm³/mol. The number of hydrogen-bond acceptors (Lipinski definition) is 2. The Morgan fingerprint density at radius 3 is 2.53 bits per heavy atom. The lowest BCUT2D eigenvalue weighted by Gasteiger charge is -2.14. The lowest BCUT2D eigenvalue weighted by molar-refractivity contribution is -0.141. The summed E-state index contributed by atoms with van der Waals surface area (Å²) in [6, 6.07) is 7.67. The highest BCUT2D eigenvalue weighted by Gasteiger charge is 2.18. The van der Waals surface area contributed by atoms with Gasteiger partial charge >= 0.3 is 5.97 Å². The van der Waals surface area contributed by atoms with Crippen LogP contribution in [0, 0.1) is 12.8 Å². The Balaban J connectivity index is 2.70. The third-order valence-electron chi connectivity index (χ3n) is 2.67. The summed E-state index contributed by atoms with van der Waals surface area (Å²) in [5, 5.41) is 11.6. The Labute approximate surface area is 101 Å². The van der Waals surface area contributed by atoms with Crippen molar-refractivity contribution in [1.82, 2.24) is 5.32 Å². The Kier molecular flexibility index (Phi) is 4.69. The molecule has 0 fully saturated rings. The molecule has 0 saturated heterocycles. The number of rotatable bonds is 5. The van der Waals surface area contributed by atoms with Gasteiger partial charge in [-0.1, -0.05) is 24.3 Å². The van der Waals surface area contributed by atoms with Crippen LogP contribution in [0.25, 0.3) is 0 Å². The number of carboxylic acids is 1. The fourth-order valence-corrected chi connectivity index (χ4v) is 1.62. The summed E-state index contributed by atoms with van der Waals surface area (Å²) in [6.45, 7) is 3.50. The van der Waals surface area contributed by atoms with Crippen molar-refractivity contribution in [3.63, 3.8) is 0 Å². The number of aryl methyl sites for hydroxylation is 1. The summed E-state index contributed by atoms with van der Waals surface area (Å²) in [5.74, 6) is -1.68. The average molecular weight is 235 g/mol. The van der Waals surface area contributed by atoms with Gasteiger partial charge in [-0.3, -0.25) is 9.59 Å². The van der Waals surface area contributed by atoms with E-state index >= 15 is 0 Å². The van der Waals surface area contributed by atoms with Gasteiger partial charge in [-0.15, -0.1) is 0 Å². The lowest BCUT2D eigenvalue weighted by Crippen LogP contribution is -2.32. The van der Waals surface area contributed by atoms with Gasteiger partial charge in [0, 0.05) is 13.5 Å². The van der Waals surface area contributed by atoms with E-state index < -0.39 is 11.9 Å². The number of aliphatic carboxylic acids is 1. The van der Waals surface area contributed by atoms with Gasteiger partial charge in [-0.05, 0) is 24.5 Å². The van der Waals surface area contributed by atoms with Crippen LogP contribution in [0.15, 0.2) is 24.3 Å². The van der Waals surface area contributed by atoms with Gasteiger partial charge in [0.25, 0.3) is 0 Å². The first kappa shape index (κ1) is 13.2. The molecule has 0 aliphatic carbocycles. The number of benzene rings is 1. The zero-order chi connectivity index (χ0) is 12.8. The number of amides is 1. The van der Waals surface area contributed by atoms with Crippen LogP contribution in [0.4, 0.5) is 0 Å². The number of nitrogens with one attached hydrogen (secondary N) is 1. The van der Waals surface area contributed by atoms with Crippen molar-refractivity contribution in [3.05, 3.63) is 35.4 Å². The molecule has 0 heterocycles. The maximum Gasteiger partial charge on any atom is 0.308 e. The van der Waals surface area contributed by atoms with E-state index in [1.165, 1.54) is 6.92 Å². The maximum atomic E-state index is 11.1. The van der Waals surface area contributed by atoms with Crippen molar-refractivity contribution in [2.75, 3.05) is 6.54 Å². The van der Waals surface area contributed by atoms with Crippen LogP contribution < -0.4 is 5.32 Å². The molecule has 1 aromatic carbocycles. The first-order chi connectivity index (χ1) is 8.00. The van der Waals surface area contributed by atoms with Crippen LogP contribution in [0.3, 0.4) is 0 Å². The van der Waals surface area contributed by atoms with Crippen molar-refractivity contribution in [2.24, 2.45) is 5.92 Å². The third-order valence-corrected chi connectivity index (χ3v) is 2.67. The molecule has 1 rings (SSSR count). The minimum absolute atomic E-state index is 0.166. The average Bonchev–Trinajstić information content (AvgIpc) is 2.25. The fraction of sp³-hybridized carbons (Fsp3) is 0.385. The highest BCUT2D eigenvalue weighted by molar-refractivity contribution is 5.75. The molecule has 17 heavy (non-hydrogen) atoms. The van der Waals surface area contributed by atoms with Crippen LogP contribution in [0.1, 0.15) is 18.1 Å². The van der Waals surface area contributed by atoms with Crippen molar-refractivity contribution in [1.29, 1.82) is 0 Å². The van der Waals surface area contributed by atoms with Crippen LogP contribution in [-0.2, 0) is 16.0 Å². The molecular formula is C13H17NO3. The number of carbonyl (C=O) groups excluding carboxylic acids is 1. The van der Waals surface area contributed by atoms with Crippen LogP contribution >= 0.6 is 0 Å². The molecular weight excluding hydrogens is 218 g/mol. The highest BCUT2D eigenvalue weighted by atomic mass is 16.4. The molecule has 0 aliphatic rings. The molecule has 0 aliphatic heterocycles. The molecule has 2 N–H and O–H groups in total. The largest absolute Gasteiger partial charge is 0.481 e. The molecule has 0 bridgehead atoms. The van der Waals surface area contributed by atoms with Crippen molar-refractivity contribution in [2.45, 2.75) is 20.3 Å². The Bertz CT molecular complexity index is 415. The van der Waals surface area contributed by atoms with Crippen LogP contribution in [0.5, 0.6) is 0 Å². The molecule has 0 unspecified atom stereocenters. The summed E-state index contributed by atoms with van der Waals surface area (Å²) in [5.41, 5.74) is 2.08. The maximum absolute atomic E-state index is 11.1. The summed E-state index contributed by atoms with van der Waals surface area (Å²) < 4.78 is 0. The monoisotopic (exact) mass is 235 g/mol. The summed E-state index contributed by atoms with van der Waals surface area (Å²) in [7, 11) is 0. The standard InChI is InChI=1S/C13H17NO3/c1-9-5-3-4-6-11(9)7-12(13(16)17)8-14-10(2)15/h3-6,12H,7-8H2,1-2H3,(H,14,15)(H,16,17)/t12-/m1/s1. The number of carboxylic acid groups (broad SMARTS) is 1. The molecule has 0 aromatic heterocycles. The topological polar surface area (TPSA) is 66.4 Å². The molecule has 1 amide bonds. The molecule has 4 nitrogen and oxygen atoms in total. The zero-order valence-electron chi connectivity index (χ0n) is 10.1. The second-order valence-electron chi connectivity index (χ2n) is 4.10. The van der Waals surface area contributed by atoms with E-state index in [2.05, 4.69) is 5.32 Å². The highest BCUT2D eigenvalue weighted by Crippen LogP contribution is 2.13. The smallest absolute Gasteiger partial charge is 0.308 e. The van der Waals surface area contributed by atoms with E-state index in [0.717, 1.165) is 11.1 Å². The first-order valence-electron chi connectivity index (χ1n) is 5.52. The van der Waals surface area contributed by atoms with Crippen molar-refractivity contribution < 1.29 is 14.7 Å². The van der Waals surface area contributed by atoms with Crippen LogP contribution in [-0.4, -0.2) is 23.5 Å². The van der Waals surface area contributed by atoms with E-state index in [1.54, 1.807) is 0 Å². The van der Waals surface area contributed by atoms with Gasteiger partial charge in [-0.2, -0.15) is 0 Å². The minimum Gasteiger partial charge on any atom is -0.481 e. The quantitative estimate of drug-likeness (QED) is 0.810. The predicted octanol–water partition coefficient (Wildman–Crippen LogP) is 1.37. The summed E-state index contributed by atoms with van der Waals surface area (Å²) >= 11 is 0. The molecule has 4 heteroatoms. The van der Waals surface area contributed by atoms with Crippen molar-refractivity contribution in [3.8, 4) is 0 Å². The fourth-order valence-electron chi connectivity index (χ4n) is 1.62. The van der Waals surface area contributed by atoms with E-state index in [1.807, 2.05) is 31.2 Å². The summed E-state index contributed by atoms with van der Waals surface area (Å²) in [6.07, 6.45) is 0.433. The molecule has 92 valence electrons. The van der Waals surface area contributed by atoms with Crippen LogP contribution in [0.2, 0.25) is 0 Å². The molecule has 0 radical (unpaired) electrons. The zero-order valence-corrected chi connectivity index (χ0v) is 10.1. The Hall–Kier alpha value is -1.84. The van der Waals surface area contributed by atoms with E-state index in [4.69, 9.17) is 5.11 Å². The number of hydrogen-bond donors (Lipinski definition) is 2. The van der Waals surface area contributed by atoms with E-state index in [-0.39, 0.29) is 12.5 Å². The summed E-state index contributed by atoms with van der Waals surface area (Å²) in [4.78, 5) is 21.9. The minimum atomic E-state index is -0.887. The Morgan fingerprint density at radius 2 is 2.00 bits per heavy atom. The Morgan fingerprint density at radius 1 is 1.35 bits per heavy atom. The first-order valence-corrected chi connectivity index (χ1v) is 5.52. The van der Waals surface area contributed by atoms with Gasteiger partial charge < -0.3 is 10.4 Å². The van der Waals surface area contributed by atoms with E-state index in [0.29, 0.717) is 6.42 Å².